The van der Waals surface area contributed by atoms with Crippen LogP contribution in [0.15, 0.2) is 17.0 Å². The predicted octanol–water partition coefficient (Wildman–Crippen LogP) is 3.04. The van der Waals surface area contributed by atoms with Gasteiger partial charge >= 0.3 is 5.97 Å². The zero-order valence-corrected chi connectivity index (χ0v) is 15.3. The van der Waals surface area contributed by atoms with Gasteiger partial charge in [-0.2, -0.15) is 0 Å². The van der Waals surface area contributed by atoms with Gasteiger partial charge in [-0.15, -0.1) is 0 Å². The van der Waals surface area contributed by atoms with Crippen molar-refractivity contribution in [2.45, 2.75) is 19.9 Å². The predicted molar refractivity (Wildman–Crippen MR) is 93.6 cm³/mol. The highest BCUT2D eigenvalue weighted by molar-refractivity contribution is 8.18. The highest BCUT2D eigenvalue weighted by atomic mass is 35.5. The maximum absolute atomic E-state index is 12.4. The van der Waals surface area contributed by atoms with Crippen LogP contribution in [0.2, 0.25) is 5.02 Å². The van der Waals surface area contributed by atoms with Gasteiger partial charge in [0.25, 0.3) is 11.1 Å². The Morgan fingerprint density at radius 3 is 2.72 bits per heavy atom. The number of hydrogen-bond donors (Lipinski definition) is 1. The molecule has 1 saturated heterocycles. The third-order valence-electron chi connectivity index (χ3n) is 3.40. The molecule has 134 valence electrons. The molecule has 1 heterocycles. The molecule has 1 aromatic carbocycles. The summed E-state index contributed by atoms with van der Waals surface area (Å²) in [5, 5.41) is 9.34. The van der Waals surface area contributed by atoms with Crippen LogP contribution >= 0.6 is 23.4 Å². The fraction of sp³-hybridized carbons (Fsp3) is 0.312. The first-order valence-corrected chi connectivity index (χ1v) is 8.49. The quantitative estimate of drug-likeness (QED) is 0.615. The van der Waals surface area contributed by atoms with Gasteiger partial charge in [0.05, 0.1) is 23.6 Å². The van der Waals surface area contributed by atoms with Gasteiger partial charge in [0.15, 0.2) is 11.5 Å². The average Bonchev–Trinajstić information content (AvgIpc) is 2.84. The minimum Gasteiger partial charge on any atom is -0.503 e. The Bertz CT molecular complexity index is 763. The van der Waals surface area contributed by atoms with E-state index >= 15 is 0 Å². The van der Waals surface area contributed by atoms with Crippen LogP contribution < -0.4 is 4.74 Å². The third-order valence-corrected chi connectivity index (χ3v) is 4.57. The number of carbonyl (C=O) groups is 3. The second-order valence-electron chi connectivity index (χ2n) is 5.03. The average molecular weight is 386 g/mol. The molecule has 0 saturated carbocycles. The van der Waals surface area contributed by atoms with Crippen LogP contribution in [0.3, 0.4) is 0 Å². The number of rotatable bonds is 5. The van der Waals surface area contributed by atoms with Gasteiger partial charge in [0, 0.05) is 0 Å². The smallest absolute Gasteiger partial charge is 0.328 e. The minimum atomic E-state index is -1.02. The second kappa shape index (κ2) is 7.79. The molecule has 1 aromatic rings. The van der Waals surface area contributed by atoms with Crippen LogP contribution in [0.4, 0.5) is 4.79 Å². The molecule has 0 bridgehead atoms. The fourth-order valence-electron chi connectivity index (χ4n) is 2.18. The van der Waals surface area contributed by atoms with Crippen molar-refractivity contribution in [1.29, 1.82) is 0 Å². The van der Waals surface area contributed by atoms with Crippen molar-refractivity contribution in [1.82, 2.24) is 4.90 Å². The van der Waals surface area contributed by atoms with E-state index in [0.717, 1.165) is 4.90 Å². The minimum absolute atomic E-state index is 0.0550. The Morgan fingerprint density at radius 1 is 1.44 bits per heavy atom. The van der Waals surface area contributed by atoms with E-state index < -0.39 is 23.2 Å². The highest BCUT2D eigenvalue weighted by Crippen LogP contribution is 2.38. The number of benzene rings is 1. The van der Waals surface area contributed by atoms with Crippen molar-refractivity contribution in [2.75, 3.05) is 13.7 Å². The first-order chi connectivity index (χ1) is 11.8. The molecule has 1 N–H and O–H groups in total. The topological polar surface area (TPSA) is 93.1 Å². The number of methoxy groups -OCH3 is 1. The SMILES string of the molecule is CCOc1cc(/C=C2/SC(=O)N(C(C)C(=O)OC)C2=O)cc(Cl)c1O. The number of ether oxygens (including phenoxy) is 2. The maximum Gasteiger partial charge on any atom is 0.328 e. The molecule has 0 aliphatic carbocycles. The summed E-state index contributed by atoms with van der Waals surface area (Å²) in [6.45, 7) is 3.48. The number of thioether (sulfide) groups is 1. The second-order valence-corrected chi connectivity index (χ2v) is 6.43. The number of esters is 1. The van der Waals surface area contributed by atoms with Crippen molar-refractivity contribution in [3.05, 3.63) is 27.6 Å². The monoisotopic (exact) mass is 385 g/mol. The Morgan fingerprint density at radius 2 is 2.12 bits per heavy atom. The molecule has 1 aliphatic heterocycles. The molecule has 1 aliphatic rings. The van der Waals surface area contributed by atoms with Crippen LogP contribution in [0.5, 0.6) is 11.5 Å². The van der Waals surface area contributed by atoms with E-state index in [4.69, 9.17) is 16.3 Å². The molecule has 1 fully saturated rings. The van der Waals surface area contributed by atoms with E-state index in [-0.39, 0.29) is 21.4 Å². The van der Waals surface area contributed by atoms with E-state index in [1.165, 1.54) is 32.2 Å². The summed E-state index contributed by atoms with van der Waals surface area (Å²) in [4.78, 5) is 37.1. The first-order valence-electron chi connectivity index (χ1n) is 7.30. The number of phenols is 1. The standard InChI is InChI=1S/C16H16ClNO6S/c1-4-24-11-6-9(5-10(17)13(11)19)7-12-14(20)18(16(22)25-12)8(2)15(21)23-3/h5-8,19H,4H2,1-3H3/b12-7+. The summed E-state index contributed by atoms with van der Waals surface area (Å²) in [6, 6.07) is 1.92. The van der Waals surface area contributed by atoms with Gasteiger partial charge in [0.1, 0.15) is 6.04 Å². The summed E-state index contributed by atoms with van der Waals surface area (Å²) in [5.74, 6) is -1.32. The molecule has 0 aromatic heterocycles. The largest absolute Gasteiger partial charge is 0.503 e. The van der Waals surface area contributed by atoms with Crippen LogP contribution in [0, 0.1) is 0 Å². The van der Waals surface area contributed by atoms with Crippen molar-refractivity contribution in [2.24, 2.45) is 0 Å². The van der Waals surface area contributed by atoms with Crippen LogP contribution in [0.25, 0.3) is 6.08 Å². The summed E-state index contributed by atoms with van der Waals surface area (Å²) >= 11 is 6.66. The van der Waals surface area contributed by atoms with Crippen molar-refractivity contribution in [3.8, 4) is 11.5 Å². The Hall–Kier alpha value is -2.19. The van der Waals surface area contributed by atoms with E-state index in [9.17, 15) is 19.5 Å². The molecular formula is C16H16ClNO6S. The molecule has 25 heavy (non-hydrogen) atoms. The molecule has 9 heteroatoms. The maximum atomic E-state index is 12.4. The third kappa shape index (κ3) is 3.91. The van der Waals surface area contributed by atoms with Crippen molar-refractivity contribution < 1.29 is 29.0 Å². The summed E-state index contributed by atoms with van der Waals surface area (Å²) in [7, 11) is 1.18. The molecule has 2 amide bonds. The van der Waals surface area contributed by atoms with Crippen LogP contribution in [-0.2, 0) is 14.3 Å². The molecule has 2 rings (SSSR count). The van der Waals surface area contributed by atoms with Crippen molar-refractivity contribution >= 4 is 46.6 Å². The molecular weight excluding hydrogens is 370 g/mol. The van der Waals surface area contributed by atoms with Crippen LogP contribution in [-0.4, -0.2) is 46.9 Å². The number of carbonyl (C=O) groups excluding carboxylic acids is 3. The number of halogens is 1. The summed E-state index contributed by atoms with van der Waals surface area (Å²) < 4.78 is 9.85. The van der Waals surface area contributed by atoms with Gasteiger partial charge < -0.3 is 14.6 Å². The number of aromatic hydroxyl groups is 1. The Labute approximate surface area is 153 Å². The lowest BCUT2D eigenvalue weighted by Gasteiger charge is -2.18. The molecule has 1 atom stereocenters. The van der Waals surface area contributed by atoms with Gasteiger partial charge in [-0.1, -0.05) is 11.6 Å². The molecule has 7 nitrogen and oxygen atoms in total. The Kier molecular flexibility index (Phi) is 5.97. The van der Waals surface area contributed by atoms with E-state index in [1.807, 2.05) is 0 Å². The molecule has 1 unspecified atom stereocenters. The van der Waals surface area contributed by atoms with Gasteiger partial charge in [-0.05, 0) is 49.4 Å². The van der Waals surface area contributed by atoms with Crippen molar-refractivity contribution in [3.63, 3.8) is 0 Å². The van der Waals surface area contributed by atoms with Crippen LogP contribution in [0.1, 0.15) is 19.4 Å². The summed E-state index contributed by atoms with van der Waals surface area (Å²) in [5.41, 5.74) is 0.475. The molecule has 0 radical (unpaired) electrons. The molecule has 0 spiro atoms. The first kappa shape index (κ1) is 19.1. The zero-order chi connectivity index (χ0) is 18.7. The lowest BCUT2D eigenvalue weighted by molar-refractivity contribution is -0.148. The van der Waals surface area contributed by atoms with E-state index in [1.54, 1.807) is 6.92 Å². The van der Waals surface area contributed by atoms with E-state index in [2.05, 4.69) is 4.74 Å². The van der Waals surface area contributed by atoms with Gasteiger partial charge in [-0.3, -0.25) is 14.5 Å². The zero-order valence-electron chi connectivity index (χ0n) is 13.7. The lowest BCUT2D eigenvalue weighted by Crippen LogP contribution is -2.42. The lowest BCUT2D eigenvalue weighted by atomic mass is 10.1. The van der Waals surface area contributed by atoms with Gasteiger partial charge in [0.2, 0.25) is 0 Å². The van der Waals surface area contributed by atoms with Gasteiger partial charge in [-0.25, -0.2) is 4.79 Å². The highest BCUT2D eigenvalue weighted by Gasteiger charge is 2.41. The summed E-state index contributed by atoms with van der Waals surface area (Å²) in [6.07, 6.45) is 1.45. The number of hydrogen-bond acceptors (Lipinski definition) is 7. The number of imide groups is 1. The number of amides is 2. The number of nitrogens with zero attached hydrogens (tertiary/aromatic N) is 1. The normalized spacial score (nSPS) is 17.1. The van der Waals surface area contributed by atoms with E-state index in [0.29, 0.717) is 23.9 Å². The fourth-order valence-corrected chi connectivity index (χ4v) is 3.31. The number of phenolic OH excluding ortho intramolecular Hbond substituents is 1. The Balaban J connectivity index is 2.35.